The molecule has 0 aromatic heterocycles. The van der Waals surface area contributed by atoms with Crippen LogP contribution in [0.3, 0.4) is 0 Å². The van der Waals surface area contributed by atoms with Crippen LogP contribution in [0.25, 0.3) is 0 Å². The van der Waals surface area contributed by atoms with E-state index in [1.165, 1.54) is 12.5 Å². The highest BCUT2D eigenvalue weighted by Crippen LogP contribution is 2.26. The van der Waals surface area contributed by atoms with E-state index >= 15 is 0 Å². The number of hydrogen-bond donors (Lipinski definition) is 1. The lowest BCUT2D eigenvalue weighted by atomic mass is 9.90. The zero-order valence-electron chi connectivity index (χ0n) is 20.2. The van der Waals surface area contributed by atoms with Gasteiger partial charge in [-0.05, 0) is 30.2 Å². The maximum atomic E-state index is 13.5. The van der Waals surface area contributed by atoms with Gasteiger partial charge in [0, 0.05) is 25.9 Å². The lowest BCUT2D eigenvalue weighted by Gasteiger charge is -2.41. The third kappa shape index (κ3) is 6.68. The Labute approximate surface area is 193 Å². The van der Waals surface area contributed by atoms with Gasteiger partial charge < -0.3 is 15.1 Å². The predicted octanol–water partition coefficient (Wildman–Crippen LogP) is 4.12. The number of carbonyl (C=O) groups excluding carboxylic acids is 3. The number of unbranched alkanes of at least 4 members (excludes halogenated alkanes) is 1. The molecule has 1 aliphatic heterocycles. The van der Waals surface area contributed by atoms with Crippen molar-refractivity contribution in [2.75, 3.05) is 6.54 Å². The Bertz CT molecular complexity index is 793. The molecule has 1 N–H and O–H groups in total. The van der Waals surface area contributed by atoms with Gasteiger partial charge >= 0.3 is 0 Å². The lowest BCUT2D eigenvalue weighted by Crippen LogP contribution is -2.59. The molecule has 0 saturated heterocycles. The fourth-order valence-electron chi connectivity index (χ4n) is 4.16. The molecule has 1 aromatic carbocycles. The molecule has 0 fully saturated rings. The summed E-state index contributed by atoms with van der Waals surface area (Å²) in [5.74, 6) is -0.513. The van der Waals surface area contributed by atoms with Crippen LogP contribution in [0.2, 0.25) is 0 Å². The van der Waals surface area contributed by atoms with Gasteiger partial charge in [0.2, 0.25) is 17.7 Å². The highest BCUT2D eigenvalue weighted by Gasteiger charge is 2.41. The van der Waals surface area contributed by atoms with Crippen LogP contribution in [-0.4, -0.2) is 46.1 Å². The Morgan fingerprint density at radius 3 is 2.38 bits per heavy atom. The summed E-state index contributed by atoms with van der Waals surface area (Å²) in [5, 5.41) is 2.81. The van der Waals surface area contributed by atoms with E-state index in [9.17, 15) is 14.4 Å². The number of carbonyl (C=O) groups is 3. The summed E-state index contributed by atoms with van der Waals surface area (Å²) < 4.78 is 0. The number of nitrogens with zero attached hydrogens (tertiary/aromatic N) is 2. The lowest BCUT2D eigenvalue weighted by molar-refractivity contribution is -0.148. The van der Waals surface area contributed by atoms with Crippen LogP contribution in [0.15, 0.2) is 42.7 Å². The molecule has 1 aromatic rings. The topological polar surface area (TPSA) is 69.7 Å². The molecule has 0 spiro atoms. The van der Waals surface area contributed by atoms with Gasteiger partial charge in [0.15, 0.2) is 0 Å². The van der Waals surface area contributed by atoms with Crippen molar-refractivity contribution in [2.24, 2.45) is 11.8 Å². The van der Waals surface area contributed by atoms with Gasteiger partial charge in [-0.2, -0.15) is 0 Å². The molecule has 6 nitrogen and oxygen atoms in total. The van der Waals surface area contributed by atoms with Crippen LogP contribution in [-0.2, 0) is 20.8 Å². The second kappa shape index (κ2) is 12.4. The second-order valence-electron chi connectivity index (χ2n) is 8.94. The monoisotopic (exact) mass is 441 g/mol. The zero-order valence-corrected chi connectivity index (χ0v) is 20.2. The molecule has 0 radical (unpaired) electrons. The van der Waals surface area contributed by atoms with Crippen LogP contribution < -0.4 is 5.32 Å². The summed E-state index contributed by atoms with van der Waals surface area (Å²) in [7, 11) is 0. The largest absolute Gasteiger partial charge is 0.344 e. The van der Waals surface area contributed by atoms with Gasteiger partial charge in [-0.25, -0.2) is 0 Å². The number of amides is 3. The maximum absolute atomic E-state index is 13.5. The molecular weight excluding hydrogens is 402 g/mol. The van der Waals surface area contributed by atoms with Crippen LogP contribution >= 0.6 is 0 Å². The third-order valence-corrected chi connectivity index (χ3v) is 6.37. The van der Waals surface area contributed by atoms with E-state index in [0.717, 1.165) is 32.1 Å². The van der Waals surface area contributed by atoms with Gasteiger partial charge in [0.1, 0.15) is 12.1 Å². The van der Waals surface area contributed by atoms with Crippen molar-refractivity contribution in [3.05, 3.63) is 48.3 Å². The average Bonchev–Trinajstić information content (AvgIpc) is 2.79. The van der Waals surface area contributed by atoms with E-state index in [1.807, 2.05) is 39.0 Å². The van der Waals surface area contributed by atoms with Crippen LogP contribution in [0.4, 0.5) is 0 Å². The standard InChI is InChI=1S/C26H39N3O3/c1-6-8-12-20(4)24-26(32)28(16-15-22-13-10-9-11-14-22)17-18-29(24)25(31)23(19(3)7-2)27-21(5)30/h9-11,13-14,17-20,23-24H,6-8,12,15-16H2,1-5H3,(H,27,30)/t19-,20-,23+,24?/m0/s1. The number of hydrogen-bond acceptors (Lipinski definition) is 3. The van der Waals surface area contributed by atoms with Crippen molar-refractivity contribution < 1.29 is 14.4 Å². The van der Waals surface area contributed by atoms with Crippen molar-refractivity contribution in [1.82, 2.24) is 15.1 Å². The van der Waals surface area contributed by atoms with Crippen molar-refractivity contribution in [3.63, 3.8) is 0 Å². The number of nitrogens with one attached hydrogen (secondary N) is 1. The summed E-state index contributed by atoms with van der Waals surface area (Å²) in [6, 6.07) is 8.88. The Morgan fingerprint density at radius 1 is 1.09 bits per heavy atom. The smallest absolute Gasteiger partial charge is 0.250 e. The van der Waals surface area contributed by atoms with Crippen molar-refractivity contribution in [1.29, 1.82) is 0 Å². The molecule has 6 heteroatoms. The first-order valence-electron chi connectivity index (χ1n) is 11.9. The molecule has 0 saturated carbocycles. The highest BCUT2D eigenvalue weighted by atomic mass is 16.2. The number of rotatable bonds is 11. The van der Waals surface area contributed by atoms with Gasteiger partial charge in [-0.15, -0.1) is 0 Å². The SMILES string of the molecule is CCCC[C@H](C)C1C(=O)N(CCc2ccccc2)C=CN1C(=O)[C@H](NC(C)=O)[C@@H](C)CC. The minimum absolute atomic E-state index is 0.0190. The Kier molecular flexibility index (Phi) is 9.95. The molecular formula is C26H39N3O3. The molecule has 1 aliphatic rings. The normalized spacial score (nSPS) is 18.9. The fourth-order valence-corrected chi connectivity index (χ4v) is 4.16. The summed E-state index contributed by atoms with van der Waals surface area (Å²) in [5.41, 5.74) is 1.17. The molecule has 3 amide bonds. The Balaban J connectivity index is 2.28. The molecule has 0 bridgehead atoms. The molecule has 1 unspecified atom stereocenters. The summed E-state index contributed by atoms with van der Waals surface area (Å²) in [6.07, 6.45) is 7.86. The van der Waals surface area contributed by atoms with Gasteiger partial charge in [0.25, 0.3) is 0 Å². The summed E-state index contributed by atoms with van der Waals surface area (Å²) in [6.45, 7) is 10.1. The summed E-state index contributed by atoms with van der Waals surface area (Å²) in [4.78, 5) is 42.2. The van der Waals surface area contributed by atoms with E-state index in [4.69, 9.17) is 0 Å². The van der Waals surface area contributed by atoms with E-state index < -0.39 is 12.1 Å². The predicted molar refractivity (Wildman–Crippen MR) is 127 cm³/mol. The quantitative estimate of drug-likeness (QED) is 0.562. The second-order valence-corrected chi connectivity index (χ2v) is 8.94. The first-order chi connectivity index (χ1) is 15.3. The molecule has 2 rings (SSSR count). The van der Waals surface area contributed by atoms with E-state index in [-0.39, 0.29) is 29.6 Å². The summed E-state index contributed by atoms with van der Waals surface area (Å²) >= 11 is 0. The Hall–Kier alpha value is -2.63. The fraction of sp³-hybridized carbons (Fsp3) is 0.577. The van der Waals surface area contributed by atoms with Crippen molar-refractivity contribution in [2.45, 2.75) is 78.8 Å². The molecule has 176 valence electrons. The first kappa shape index (κ1) is 25.6. The van der Waals surface area contributed by atoms with Crippen LogP contribution in [0.5, 0.6) is 0 Å². The van der Waals surface area contributed by atoms with Crippen molar-refractivity contribution in [3.8, 4) is 0 Å². The maximum Gasteiger partial charge on any atom is 0.250 e. The van der Waals surface area contributed by atoms with E-state index in [1.54, 1.807) is 22.2 Å². The molecule has 0 aliphatic carbocycles. The average molecular weight is 442 g/mol. The van der Waals surface area contributed by atoms with Crippen molar-refractivity contribution >= 4 is 17.7 Å². The first-order valence-corrected chi connectivity index (χ1v) is 11.9. The van der Waals surface area contributed by atoms with E-state index in [0.29, 0.717) is 6.54 Å². The van der Waals surface area contributed by atoms with Gasteiger partial charge in [-0.1, -0.05) is 77.3 Å². The third-order valence-electron chi connectivity index (χ3n) is 6.37. The molecule has 1 heterocycles. The number of benzene rings is 1. The van der Waals surface area contributed by atoms with E-state index in [2.05, 4.69) is 24.4 Å². The zero-order chi connectivity index (χ0) is 23.7. The Morgan fingerprint density at radius 2 is 1.78 bits per heavy atom. The molecule has 4 atom stereocenters. The minimum Gasteiger partial charge on any atom is -0.344 e. The van der Waals surface area contributed by atoms with Crippen LogP contribution in [0, 0.1) is 11.8 Å². The van der Waals surface area contributed by atoms with Gasteiger partial charge in [0.05, 0.1) is 0 Å². The van der Waals surface area contributed by atoms with Crippen LogP contribution in [0.1, 0.15) is 65.9 Å². The highest BCUT2D eigenvalue weighted by molar-refractivity contribution is 5.94. The molecule has 32 heavy (non-hydrogen) atoms. The minimum atomic E-state index is -0.647. The van der Waals surface area contributed by atoms with Gasteiger partial charge in [-0.3, -0.25) is 14.4 Å².